The molecule has 0 aliphatic carbocycles. The van der Waals surface area contributed by atoms with Crippen LogP contribution < -0.4 is 5.32 Å². The zero-order valence-electron chi connectivity index (χ0n) is 17.9. The van der Waals surface area contributed by atoms with E-state index in [-0.39, 0.29) is 24.0 Å². The molecule has 27 heavy (non-hydrogen) atoms. The molecule has 0 aromatic heterocycles. The average molecular weight is 495 g/mol. The summed E-state index contributed by atoms with van der Waals surface area (Å²) < 4.78 is 5.46. The Hall–Kier alpha value is -0.0800. The van der Waals surface area contributed by atoms with Gasteiger partial charge in [0.15, 0.2) is 5.96 Å². The Morgan fingerprint density at radius 1 is 1.15 bits per heavy atom. The number of halogens is 1. The van der Waals surface area contributed by atoms with Gasteiger partial charge in [-0.15, -0.1) is 24.0 Å². The molecule has 2 rings (SSSR count). The summed E-state index contributed by atoms with van der Waals surface area (Å²) in [5, 5.41) is 3.46. The molecular formula is C21H43IN4O. The lowest BCUT2D eigenvalue weighted by Gasteiger charge is -2.30. The maximum absolute atomic E-state index is 5.46. The van der Waals surface area contributed by atoms with Gasteiger partial charge in [0.1, 0.15) is 0 Å². The number of hydrogen-bond donors (Lipinski definition) is 1. The summed E-state index contributed by atoms with van der Waals surface area (Å²) in [6.07, 6.45) is 8.89. The third-order valence-corrected chi connectivity index (χ3v) is 5.93. The van der Waals surface area contributed by atoms with Crippen LogP contribution in [0.15, 0.2) is 4.99 Å². The van der Waals surface area contributed by atoms with Gasteiger partial charge in [-0.25, -0.2) is 0 Å². The van der Waals surface area contributed by atoms with E-state index in [1.54, 1.807) is 0 Å². The summed E-state index contributed by atoms with van der Waals surface area (Å²) >= 11 is 0. The average Bonchev–Trinajstić information content (AvgIpc) is 2.67. The molecule has 0 aromatic carbocycles. The normalized spacial score (nSPS) is 20.3. The first-order valence-electron chi connectivity index (χ1n) is 11.0. The largest absolute Gasteiger partial charge is 0.381 e. The van der Waals surface area contributed by atoms with Gasteiger partial charge in [0.2, 0.25) is 0 Å². The van der Waals surface area contributed by atoms with Gasteiger partial charge in [-0.05, 0) is 83.3 Å². The van der Waals surface area contributed by atoms with Crippen LogP contribution in [0.4, 0.5) is 0 Å². The van der Waals surface area contributed by atoms with Crippen molar-refractivity contribution in [1.82, 2.24) is 15.1 Å². The van der Waals surface area contributed by atoms with Crippen LogP contribution in [-0.4, -0.2) is 75.3 Å². The number of aliphatic imine (C=N–C) groups is 1. The Labute approximate surface area is 184 Å². The van der Waals surface area contributed by atoms with Crippen LogP contribution in [0.5, 0.6) is 0 Å². The van der Waals surface area contributed by atoms with Crippen molar-refractivity contribution in [3.8, 4) is 0 Å². The van der Waals surface area contributed by atoms with E-state index in [1.165, 1.54) is 64.6 Å². The van der Waals surface area contributed by atoms with Crippen molar-refractivity contribution in [2.24, 2.45) is 16.8 Å². The van der Waals surface area contributed by atoms with Crippen LogP contribution in [-0.2, 0) is 4.74 Å². The summed E-state index contributed by atoms with van der Waals surface area (Å²) in [5.74, 6) is 2.82. The molecule has 0 radical (unpaired) electrons. The molecular weight excluding hydrogens is 451 g/mol. The lowest BCUT2D eigenvalue weighted by Crippen LogP contribution is -2.40. The summed E-state index contributed by atoms with van der Waals surface area (Å²) in [7, 11) is 2.18. The van der Waals surface area contributed by atoms with E-state index in [0.29, 0.717) is 0 Å². The highest BCUT2D eigenvalue weighted by molar-refractivity contribution is 14.0. The molecule has 1 N–H and O–H groups in total. The molecule has 2 saturated heterocycles. The van der Waals surface area contributed by atoms with Crippen molar-refractivity contribution in [2.45, 2.75) is 58.8 Å². The molecule has 0 atom stereocenters. The Kier molecular flexibility index (Phi) is 13.7. The maximum atomic E-state index is 5.46. The second-order valence-corrected chi connectivity index (χ2v) is 8.23. The summed E-state index contributed by atoms with van der Waals surface area (Å²) in [4.78, 5) is 9.80. The Bertz CT molecular complexity index is 394. The molecule has 0 amide bonds. The van der Waals surface area contributed by atoms with Gasteiger partial charge in [0.05, 0.1) is 0 Å². The van der Waals surface area contributed by atoms with Gasteiger partial charge >= 0.3 is 0 Å². The maximum Gasteiger partial charge on any atom is 0.193 e. The quantitative estimate of drug-likeness (QED) is 0.229. The summed E-state index contributed by atoms with van der Waals surface area (Å²) in [6.45, 7) is 13.2. The number of unbranched alkanes of at least 4 members (excludes halogenated alkanes) is 1. The predicted octanol–water partition coefficient (Wildman–Crippen LogP) is 3.83. The number of guanidine groups is 1. The second-order valence-electron chi connectivity index (χ2n) is 8.23. The Morgan fingerprint density at radius 3 is 2.52 bits per heavy atom. The van der Waals surface area contributed by atoms with Crippen molar-refractivity contribution in [1.29, 1.82) is 0 Å². The first-order chi connectivity index (χ1) is 12.7. The minimum absolute atomic E-state index is 0. The molecule has 160 valence electrons. The first-order valence-corrected chi connectivity index (χ1v) is 11.0. The van der Waals surface area contributed by atoms with E-state index < -0.39 is 0 Å². The van der Waals surface area contributed by atoms with Gasteiger partial charge < -0.3 is 19.9 Å². The molecule has 0 aromatic rings. The lowest BCUT2D eigenvalue weighted by atomic mass is 9.96. The first kappa shape index (κ1) is 25.0. The third-order valence-electron chi connectivity index (χ3n) is 5.93. The predicted molar refractivity (Wildman–Crippen MR) is 126 cm³/mol. The van der Waals surface area contributed by atoms with Crippen molar-refractivity contribution < 1.29 is 4.74 Å². The number of nitrogens with one attached hydrogen (secondary N) is 1. The molecule has 0 saturated carbocycles. The number of hydrogen-bond acceptors (Lipinski definition) is 3. The van der Waals surface area contributed by atoms with Gasteiger partial charge in [-0.2, -0.15) is 0 Å². The Balaban J connectivity index is 0.00000364. The van der Waals surface area contributed by atoms with Crippen LogP contribution in [0.3, 0.4) is 0 Å². The van der Waals surface area contributed by atoms with Crippen LogP contribution in [0.2, 0.25) is 0 Å². The molecule has 6 heteroatoms. The van der Waals surface area contributed by atoms with Gasteiger partial charge in [0.25, 0.3) is 0 Å². The number of ether oxygens (including phenoxy) is 1. The fourth-order valence-corrected chi connectivity index (χ4v) is 3.90. The van der Waals surface area contributed by atoms with E-state index >= 15 is 0 Å². The van der Waals surface area contributed by atoms with Crippen LogP contribution in [0.25, 0.3) is 0 Å². The van der Waals surface area contributed by atoms with E-state index in [9.17, 15) is 0 Å². The standard InChI is InChI=1S/C21H42N4O.HI/c1-4-22-21(24(3)14-9-20-10-17-26-18-11-20)23-12-5-6-13-25-15-7-19(2)8-16-25;/h19-20H,4-18H2,1-3H3,(H,22,23);1H. The molecule has 5 nitrogen and oxygen atoms in total. The van der Waals surface area contributed by atoms with E-state index in [1.807, 2.05) is 0 Å². The van der Waals surface area contributed by atoms with Crippen molar-refractivity contribution in [2.75, 3.05) is 59.5 Å². The molecule has 2 heterocycles. The summed E-state index contributed by atoms with van der Waals surface area (Å²) in [6, 6.07) is 0. The van der Waals surface area contributed by atoms with Crippen LogP contribution >= 0.6 is 24.0 Å². The third kappa shape index (κ3) is 10.3. The second kappa shape index (κ2) is 14.9. The number of nitrogens with zero attached hydrogens (tertiary/aromatic N) is 3. The van der Waals surface area contributed by atoms with E-state index in [2.05, 4.69) is 36.0 Å². The molecule has 2 aliphatic heterocycles. The summed E-state index contributed by atoms with van der Waals surface area (Å²) in [5.41, 5.74) is 0. The molecule has 2 fully saturated rings. The highest BCUT2D eigenvalue weighted by Gasteiger charge is 2.16. The minimum Gasteiger partial charge on any atom is -0.381 e. The molecule has 0 unspecified atom stereocenters. The van der Waals surface area contributed by atoms with Gasteiger partial charge in [0, 0.05) is 39.9 Å². The SMILES string of the molecule is CCNC(=NCCCCN1CCC(C)CC1)N(C)CCC1CCOCC1.I. The van der Waals surface area contributed by atoms with Crippen LogP contribution in [0, 0.1) is 11.8 Å². The number of rotatable bonds is 9. The zero-order valence-corrected chi connectivity index (χ0v) is 20.2. The number of piperidine rings is 1. The lowest BCUT2D eigenvalue weighted by molar-refractivity contribution is 0.0625. The molecule has 2 aliphatic rings. The fraction of sp³-hybridized carbons (Fsp3) is 0.952. The van der Waals surface area contributed by atoms with Crippen molar-refractivity contribution in [3.05, 3.63) is 0 Å². The topological polar surface area (TPSA) is 40.1 Å². The zero-order chi connectivity index (χ0) is 18.6. The van der Waals surface area contributed by atoms with Crippen molar-refractivity contribution >= 4 is 29.9 Å². The monoisotopic (exact) mass is 494 g/mol. The number of likely N-dealkylation sites (tertiary alicyclic amines) is 1. The molecule has 0 bridgehead atoms. The fourth-order valence-electron chi connectivity index (χ4n) is 3.90. The van der Waals surface area contributed by atoms with E-state index in [0.717, 1.165) is 50.6 Å². The van der Waals surface area contributed by atoms with E-state index in [4.69, 9.17) is 9.73 Å². The highest BCUT2D eigenvalue weighted by atomic mass is 127. The van der Waals surface area contributed by atoms with Gasteiger partial charge in [-0.3, -0.25) is 4.99 Å². The minimum atomic E-state index is 0. The molecule has 0 spiro atoms. The van der Waals surface area contributed by atoms with Gasteiger partial charge in [-0.1, -0.05) is 6.92 Å². The Morgan fingerprint density at radius 2 is 1.85 bits per heavy atom. The van der Waals surface area contributed by atoms with Crippen LogP contribution in [0.1, 0.15) is 58.8 Å². The highest BCUT2D eigenvalue weighted by Crippen LogP contribution is 2.18. The van der Waals surface area contributed by atoms with Crippen molar-refractivity contribution in [3.63, 3.8) is 0 Å². The smallest absolute Gasteiger partial charge is 0.193 e.